The monoisotopic (exact) mass is 235 g/mol. The third kappa shape index (κ3) is 5.24. The number of unbranched alkanes of at least 4 members (excludes halogenated alkanes) is 2. The molecular formula is C14H25N3. The van der Waals surface area contributed by atoms with Crippen molar-refractivity contribution in [2.24, 2.45) is 0 Å². The highest BCUT2D eigenvalue weighted by Gasteiger charge is 2.05. The SMILES string of the molecule is CCCCc1nc(CCC)nc(CCCC)n1. The van der Waals surface area contributed by atoms with Crippen molar-refractivity contribution in [2.75, 3.05) is 0 Å². The molecule has 1 aromatic rings. The van der Waals surface area contributed by atoms with Gasteiger partial charge in [-0.25, -0.2) is 15.0 Å². The fourth-order valence-electron chi connectivity index (χ4n) is 1.75. The summed E-state index contributed by atoms with van der Waals surface area (Å²) < 4.78 is 0. The summed E-state index contributed by atoms with van der Waals surface area (Å²) in [6.07, 6.45) is 8.79. The number of hydrogen-bond donors (Lipinski definition) is 0. The molecule has 0 spiro atoms. The van der Waals surface area contributed by atoms with Crippen LogP contribution >= 0.6 is 0 Å². The van der Waals surface area contributed by atoms with Gasteiger partial charge in [0.25, 0.3) is 0 Å². The zero-order chi connectivity index (χ0) is 12.5. The standard InChI is InChI=1S/C14H25N3/c1-4-7-10-13-15-12(9-6-3)16-14(17-13)11-8-5-2/h4-11H2,1-3H3. The molecule has 0 saturated carbocycles. The van der Waals surface area contributed by atoms with E-state index in [1.807, 2.05) is 0 Å². The maximum absolute atomic E-state index is 4.57. The Bertz CT molecular complexity index is 297. The number of hydrogen-bond acceptors (Lipinski definition) is 3. The van der Waals surface area contributed by atoms with E-state index in [1.54, 1.807) is 0 Å². The van der Waals surface area contributed by atoms with Crippen LogP contribution in [0, 0.1) is 0 Å². The molecule has 1 rings (SSSR count). The molecule has 0 aromatic carbocycles. The molecule has 17 heavy (non-hydrogen) atoms. The Labute approximate surface area is 105 Å². The predicted molar refractivity (Wildman–Crippen MR) is 71.0 cm³/mol. The minimum Gasteiger partial charge on any atom is -0.218 e. The molecule has 96 valence electrons. The Balaban J connectivity index is 2.76. The molecule has 1 heterocycles. The van der Waals surface area contributed by atoms with Gasteiger partial charge in [-0.15, -0.1) is 0 Å². The average Bonchev–Trinajstić information content (AvgIpc) is 2.34. The van der Waals surface area contributed by atoms with Gasteiger partial charge in [-0.1, -0.05) is 33.6 Å². The lowest BCUT2D eigenvalue weighted by molar-refractivity contribution is 0.673. The van der Waals surface area contributed by atoms with E-state index in [9.17, 15) is 0 Å². The molecule has 0 aliphatic heterocycles. The van der Waals surface area contributed by atoms with Crippen molar-refractivity contribution < 1.29 is 0 Å². The smallest absolute Gasteiger partial charge is 0.132 e. The van der Waals surface area contributed by atoms with Gasteiger partial charge in [-0.05, 0) is 19.3 Å². The van der Waals surface area contributed by atoms with Crippen LogP contribution in [0.4, 0.5) is 0 Å². The zero-order valence-electron chi connectivity index (χ0n) is 11.5. The molecule has 0 atom stereocenters. The second kappa shape index (κ2) is 8.15. The molecule has 0 fully saturated rings. The van der Waals surface area contributed by atoms with Crippen LogP contribution < -0.4 is 0 Å². The Morgan fingerprint density at radius 3 is 1.35 bits per heavy atom. The molecule has 0 aliphatic carbocycles. The summed E-state index contributed by atoms with van der Waals surface area (Å²) in [7, 11) is 0. The van der Waals surface area contributed by atoms with E-state index in [4.69, 9.17) is 0 Å². The van der Waals surface area contributed by atoms with Crippen LogP contribution in [-0.4, -0.2) is 15.0 Å². The largest absolute Gasteiger partial charge is 0.218 e. The molecular weight excluding hydrogens is 210 g/mol. The van der Waals surface area contributed by atoms with Crippen molar-refractivity contribution >= 4 is 0 Å². The van der Waals surface area contributed by atoms with Crippen LogP contribution in [0.2, 0.25) is 0 Å². The predicted octanol–water partition coefficient (Wildman–Crippen LogP) is 3.51. The van der Waals surface area contributed by atoms with Gasteiger partial charge in [0.05, 0.1) is 0 Å². The minimum absolute atomic E-state index is 0.973. The summed E-state index contributed by atoms with van der Waals surface area (Å²) in [6, 6.07) is 0. The zero-order valence-corrected chi connectivity index (χ0v) is 11.5. The van der Waals surface area contributed by atoms with Crippen LogP contribution in [0.15, 0.2) is 0 Å². The quantitative estimate of drug-likeness (QED) is 0.692. The maximum Gasteiger partial charge on any atom is 0.132 e. The molecule has 0 aliphatic rings. The maximum atomic E-state index is 4.57. The Morgan fingerprint density at radius 1 is 0.588 bits per heavy atom. The van der Waals surface area contributed by atoms with E-state index in [1.165, 1.54) is 25.7 Å². The van der Waals surface area contributed by atoms with Gasteiger partial charge in [-0.2, -0.15) is 0 Å². The fourth-order valence-corrected chi connectivity index (χ4v) is 1.75. The summed E-state index contributed by atoms with van der Waals surface area (Å²) in [5, 5.41) is 0. The van der Waals surface area contributed by atoms with E-state index in [-0.39, 0.29) is 0 Å². The Hall–Kier alpha value is -0.990. The van der Waals surface area contributed by atoms with Crippen molar-refractivity contribution in [1.29, 1.82) is 0 Å². The summed E-state index contributed by atoms with van der Waals surface area (Å²) in [5.74, 6) is 2.98. The first-order valence-corrected chi connectivity index (χ1v) is 7.02. The van der Waals surface area contributed by atoms with Crippen molar-refractivity contribution in [3.05, 3.63) is 17.5 Å². The van der Waals surface area contributed by atoms with Crippen LogP contribution in [0.5, 0.6) is 0 Å². The van der Waals surface area contributed by atoms with Gasteiger partial charge < -0.3 is 0 Å². The van der Waals surface area contributed by atoms with E-state index in [0.29, 0.717) is 0 Å². The topological polar surface area (TPSA) is 38.7 Å². The average molecular weight is 235 g/mol. The van der Waals surface area contributed by atoms with Gasteiger partial charge in [0.2, 0.25) is 0 Å². The second-order valence-corrected chi connectivity index (χ2v) is 4.54. The molecule has 3 heteroatoms. The van der Waals surface area contributed by atoms with Crippen LogP contribution in [0.1, 0.15) is 70.3 Å². The molecule has 0 saturated heterocycles. The first-order valence-electron chi connectivity index (χ1n) is 7.02. The lowest BCUT2D eigenvalue weighted by atomic mass is 10.2. The fraction of sp³-hybridized carbons (Fsp3) is 0.786. The highest BCUT2D eigenvalue weighted by molar-refractivity contribution is 4.98. The molecule has 0 N–H and O–H groups in total. The Morgan fingerprint density at radius 2 is 1.00 bits per heavy atom. The van der Waals surface area contributed by atoms with E-state index < -0.39 is 0 Å². The highest BCUT2D eigenvalue weighted by Crippen LogP contribution is 2.06. The van der Waals surface area contributed by atoms with Crippen molar-refractivity contribution in [1.82, 2.24) is 15.0 Å². The van der Waals surface area contributed by atoms with Crippen molar-refractivity contribution in [3.63, 3.8) is 0 Å². The van der Waals surface area contributed by atoms with Crippen LogP contribution in [0.3, 0.4) is 0 Å². The number of aromatic nitrogens is 3. The Kier molecular flexibility index (Phi) is 6.75. The summed E-state index contributed by atoms with van der Waals surface area (Å²) >= 11 is 0. The molecule has 0 amide bonds. The molecule has 0 bridgehead atoms. The minimum atomic E-state index is 0.973. The second-order valence-electron chi connectivity index (χ2n) is 4.54. The first kappa shape index (κ1) is 14.1. The van der Waals surface area contributed by atoms with E-state index >= 15 is 0 Å². The number of nitrogens with zero attached hydrogens (tertiary/aromatic N) is 3. The molecule has 0 radical (unpaired) electrons. The first-order chi connectivity index (χ1) is 8.30. The van der Waals surface area contributed by atoms with Gasteiger partial charge in [0, 0.05) is 19.3 Å². The van der Waals surface area contributed by atoms with Crippen LogP contribution in [-0.2, 0) is 19.3 Å². The number of rotatable bonds is 8. The highest BCUT2D eigenvalue weighted by atomic mass is 15.0. The molecule has 0 unspecified atom stereocenters. The van der Waals surface area contributed by atoms with Crippen LogP contribution in [0.25, 0.3) is 0 Å². The van der Waals surface area contributed by atoms with Gasteiger partial charge in [0.15, 0.2) is 0 Å². The lowest BCUT2D eigenvalue weighted by Gasteiger charge is -2.06. The van der Waals surface area contributed by atoms with E-state index in [2.05, 4.69) is 35.7 Å². The van der Waals surface area contributed by atoms with Gasteiger partial charge in [-0.3, -0.25) is 0 Å². The number of aryl methyl sites for hydroxylation is 3. The van der Waals surface area contributed by atoms with Gasteiger partial charge in [0.1, 0.15) is 17.5 Å². The third-order valence-electron chi connectivity index (χ3n) is 2.76. The summed E-state index contributed by atoms with van der Waals surface area (Å²) in [4.78, 5) is 13.7. The van der Waals surface area contributed by atoms with E-state index in [0.717, 1.165) is 43.2 Å². The molecule has 1 aromatic heterocycles. The van der Waals surface area contributed by atoms with Crippen molar-refractivity contribution in [3.8, 4) is 0 Å². The third-order valence-corrected chi connectivity index (χ3v) is 2.76. The summed E-state index contributed by atoms with van der Waals surface area (Å²) in [6.45, 7) is 6.57. The lowest BCUT2D eigenvalue weighted by Crippen LogP contribution is -2.08. The van der Waals surface area contributed by atoms with Gasteiger partial charge >= 0.3 is 0 Å². The van der Waals surface area contributed by atoms with Crippen molar-refractivity contribution in [2.45, 2.75) is 72.1 Å². The molecule has 3 nitrogen and oxygen atoms in total. The normalized spacial score (nSPS) is 10.8. The summed E-state index contributed by atoms with van der Waals surface area (Å²) in [5.41, 5.74) is 0.